The molecule has 0 fully saturated rings. The van der Waals surface area contributed by atoms with E-state index in [0.29, 0.717) is 18.4 Å². The van der Waals surface area contributed by atoms with Crippen molar-refractivity contribution >= 4 is 12.0 Å². The molecule has 0 aromatic heterocycles. The fraction of sp³-hybridized carbons (Fsp3) is 0.192. The van der Waals surface area contributed by atoms with E-state index in [1.807, 2.05) is 72.8 Å². The molecule has 0 saturated carbocycles. The number of para-hydroxylation sites is 1. The summed E-state index contributed by atoms with van der Waals surface area (Å²) >= 11 is 0. The predicted molar refractivity (Wildman–Crippen MR) is 123 cm³/mol. The van der Waals surface area contributed by atoms with Crippen LogP contribution in [0.3, 0.4) is 0 Å². The zero-order valence-electron chi connectivity index (χ0n) is 17.2. The lowest BCUT2D eigenvalue weighted by Gasteiger charge is -2.17. The molecule has 2 atom stereocenters. The summed E-state index contributed by atoms with van der Waals surface area (Å²) in [6.07, 6.45) is 2.01. The van der Waals surface area contributed by atoms with E-state index in [-0.39, 0.29) is 12.6 Å². The molecule has 0 saturated heterocycles. The third-order valence-corrected chi connectivity index (χ3v) is 4.98. The molecule has 0 aliphatic rings. The van der Waals surface area contributed by atoms with Gasteiger partial charge < -0.3 is 15.6 Å². The number of carbonyl (C=O) groups is 1. The largest absolute Gasteiger partial charge is 0.395 e. The number of nitrogens with one attached hydrogen (secondary N) is 2. The van der Waals surface area contributed by atoms with Crippen LogP contribution in [0.2, 0.25) is 0 Å². The molecular weight excluding hydrogens is 388 g/mol. The highest BCUT2D eigenvalue weighted by Crippen LogP contribution is 2.23. The fourth-order valence-corrected chi connectivity index (χ4v) is 3.27. The molecule has 3 aromatic carbocycles. The second-order valence-electron chi connectivity index (χ2n) is 7.20. The SMILES string of the molecule is O=Cc1cc(C#CC(CCC(CO)NO)Nc2ccccc2)ccc1-c1ccccc1. The fourth-order valence-electron chi connectivity index (χ4n) is 3.27. The van der Waals surface area contributed by atoms with Crippen LogP contribution in [0.5, 0.6) is 0 Å². The second-order valence-corrected chi connectivity index (χ2v) is 7.20. The van der Waals surface area contributed by atoms with Crippen molar-refractivity contribution in [3.05, 3.63) is 90.0 Å². The molecule has 158 valence electrons. The van der Waals surface area contributed by atoms with Crippen molar-refractivity contribution in [1.29, 1.82) is 0 Å². The Labute approximate surface area is 182 Å². The van der Waals surface area contributed by atoms with Gasteiger partial charge in [0.15, 0.2) is 6.29 Å². The van der Waals surface area contributed by atoms with Crippen LogP contribution in [0, 0.1) is 11.8 Å². The number of anilines is 1. The van der Waals surface area contributed by atoms with Crippen LogP contribution >= 0.6 is 0 Å². The highest BCUT2D eigenvalue weighted by atomic mass is 16.5. The highest BCUT2D eigenvalue weighted by Gasteiger charge is 2.11. The first-order valence-corrected chi connectivity index (χ1v) is 10.2. The second kappa shape index (κ2) is 11.7. The summed E-state index contributed by atoms with van der Waals surface area (Å²) in [6.45, 7) is -0.161. The van der Waals surface area contributed by atoms with Gasteiger partial charge in [0.2, 0.25) is 0 Å². The average molecular weight is 415 g/mol. The van der Waals surface area contributed by atoms with Crippen LogP contribution in [0.4, 0.5) is 5.69 Å². The van der Waals surface area contributed by atoms with Crippen LogP contribution in [-0.4, -0.2) is 35.3 Å². The lowest BCUT2D eigenvalue weighted by molar-refractivity contribution is 0.0853. The van der Waals surface area contributed by atoms with E-state index in [9.17, 15) is 9.90 Å². The van der Waals surface area contributed by atoms with Crippen molar-refractivity contribution in [2.24, 2.45) is 0 Å². The van der Waals surface area contributed by atoms with Crippen LogP contribution in [0.15, 0.2) is 78.9 Å². The minimum atomic E-state index is -0.409. The summed E-state index contributed by atoms with van der Waals surface area (Å²) in [5.74, 6) is 6.39. The molecule has 0 amide bonds. The summed E-state index contributed by atoms with van der Waals surface area (Å²) in [6, 6.07) is 24.5. The number of benzene rings is 3. The molecule has 0 aliphatic carbocycles. The molecule has 2 unspecified atom stereocenters. The van der Waals surface area contributed by atoms with Gasteiger partial charge in [-0.25, -0.2) is 5.48 Å². The van der Waals surface area contributed by atoms with Gasteiger partial charge in [-0.1, -0.05) is 66.4 Å². The molecule has 3 rings (SSSR count). The molecule has 31 heavy (non-hydrogen) atoms. The Morgan fingerprint density at radius 1 is 0.935 bits per heavy atom. The number of hydroxylamine groups is 1. The topological polar surface area (TPSA) is 81.6 Å². The summed E-state index contributed by atoms with van der Waals surface area (Å²) < 4.78 is 0. The molecule has 4 N–H and O–H groups in total. The van der Waals surface area contributed by atoms with Crippen LogP contribution < -0.4 is 10.8 Å². The normalized spacial score (nSPS) is 12.3. The number of aliphatic hydroxyl groups excluding tert-OH is 1. The van der Waals surface area contributed by atoms with Crippen molar-refractivity contribution < 1.29 is 15.1 Å². The van der Waals surface area contributed by atoms with Gasteiger partial charge in [-0.15, -0.1) is 0 Å². The van der Waals surface area contributed by atoms with Crippen molar-refractivity contribution in [3.63, 3.8) is 0 Å². The maximum Gasteiger partial charge on any atom is 0.150 e. The van der Waals surface area contributed by atoms with Crippen LogP contribution in [-0.2, 0) is 0 Å². The first kappa shape index (κ1) is 22.3. The Kier molecular flexibility index (Phi) is 8.39. The van der Waals surface area contributed by atoms with Crippen molar-refractivity contribution in [2.75, 3.05) is 11.9 Å². The standard InChI is InChI=1S/C26H26N2O3/c29-18-22-17-20(12-16-26(22)21-7-3-1-4-8-21)11-13-24(14-15-25(19-30)28-31)27-23-9-5-2-6-10-23/h1-10,12,16-18,24-25,27-28,30-31H,14-15,19H2. The van der Waals surface area contributed by atoms with Gasteiger partial charge in [-0.05, 0) is 48.2 Å². The first-order chi connectivity index (χ1) is 15.2. The van der Waals surface area contributed by atoms with E-state index in [2.05, 4.69) is 22.6 Å². The zero-order chi connectivity index (χ0) is 21.9. The Morgan fingerprint density at radius 3 is 2.29 bits per heavy atom. The molecular formula is C26H26N2O3. The van der Waals surface area contributed by atoms with Crippen molar-refractivity contribution in [3.8, 4) is 23.0 Å². The van der Waals surface area contributed by atoms with E-state index in [1.54, 1.807) is 6.07 Å². The number of carbonyl (C=O) groups excluding carboxylic acids is 1. The van der Waals surface area contributed by atoms with E-state index < -0.39 is 6.04 Å². The number of hydrogen-bond acceptors (Lipinski definition) is 5. The lowest BCUT2D eigenvalue weighted by atomic mass is 9.98. The van der Waals surface area contributed by atoms with Gasteiger partial charge >= 0.3 is 0 Å². The molecule has 5 heteroatoms. The van der Waals surface area contributed by atoms with Gasteiger partial charge in [-0.3, -0.25) is 4.79 Å². The molecule has 0 heterocycles. The average Bonchev–Trinajstić information content (AvgIpc) is 2.84. The number of rotatable bonds is 9. The van der Waals surface area contributed by atoms with E-state index in [4.69, 9.17) is 5.21 Å². The summed E-state index contributed by atoms with van der Waals surface area (Å²) in [4.78, 5) is 11.7. The minimum Gasteiger partial charge on any atom is -0.395 e. The molecule has 5 nitrogen and oxygen atoms in total. The maximum atomic E-state index is 11.7. The summed E-state index contributed by atoms with van der Waals surface area (Å²) in [5.41, 5.74) is 6.26. The third-order valence-electron chi connectivity index (χ3n) is 4.98. The van der Waals surface area contributed by atoms with Gasteiger partial charge in [0.05, 0.1) is 18.7 Å². The minimum absolute atomic E-state index is 0.161. The van der Waals surface area contributed by atoms with Crippen LogP contribution in [0.1, 0.15) is 28.8 Å². The predicted octanol–water partition coefficient (Wildman–Crippen LogP) is 4.12. The van der Waals surface area contributed by atoms with Crippen LogP contribution in [0.25, 0.3) is 11.1 Å². The van der Waals surface area contributed by atoms with Crippen molar-refractivity contribution in [2.45, 2.75) is 24.9 Å². The Bertz CT molecular complexity index is 1020. The Balaban J connectivity index is 1.82. The first-order valence-electron chi connectivity index (χ1n) is 10.2. The Morgan fingerprint density at radius 2 is 1.65 bits per heavy atom. The lowest BCUT2D eigenvalue weighted by Crippen LogP contribution is -2.31. The van der Waals surface area contributed by atoms with E-state index in [1.165, 1.54) is 0 Å². The van der Waals surface area contributed by atoms with Gasteiger partial charge in [0.1, 0.15) is 0 Å². The van der Waals surface area contributed by atoms with Gasteiger partial charge in [0, 0.05) is 16.8 Å². The van der Waals surface area contributed by atoms with Gasteiger partial charge in [0.25, 0.3) is 0 Å². The zero-order valence-corrected chi connectivity index (χ0v) is 17.2. The van der Waals surface area contributed by atoms with E-state index >= 15 is 0 Å². The number of aliphatic hydroxyl groups is 1. The molecule has 3 aromatic rings. The number of aldehydes is 1. The number of hydrogen-bond donors (Lipinski definition) is 4. The molecule has 0 bridgehead atoms. The van der Waals surface area contributed by atoms with Crippen molar-refractivity contribution in [1.82, 2.24) is 5.48 Å². The maximum absolute atomic E-state index is 11.7. The molecule has 0 spiro atoms. The summed E-state index contributed by atoms with van der Waals surface area (Å²) in [7, 11) is 0. The highest BCUT2D eigenvalue weighted by molar-refractivity contribution is 5.88. The summed E-state index contributed by atoms with van der Waals surface area (Å²) in [5, 5.41) is 21.8. The molecule has 0 aliphatic heterocycles. The Hall–Kier alpha value is -3.43. The molecule has 0 radical (unpaired) electrons. The monoisotopic (exact) mass is 414 g/mol. The van der Waals surface area contributed by atoms with E-state index in [0.717, 1.165) is 28.7 Å². The smallest absolute Gasteiger partial charge is 0.150 e. The third kappa shape index (κ3) is 6.53. The van der Waals surface area contributed by atoms with Gasteiger partial charge in [-0.2, -0.15) is 0 Å². The quantitative estimate of drug-likeness (QED) is 0.241.